The average molecular weight is 243 g/mol. The van der Waals surface area contributed by atoms with Gasteiger partial charge in [-0.3, -0.25) is 0 Å². The zero-order valence-electron chi connectivity index (χ0n) is 9.42. The molecule has 6 heteroatoms. The van der Waals surface area contributed by atoms with Crippen LogP contribution in [0.2, 0.25) is 0 Å². The quantitative estimate of drug-likeness (QED) is 0.738. The lowest BCUT2D eigenvalue weighted by Gasteiger charge is -2.02. The van der Waals surface area contributed by atoms with Gasteiger partial charge in [-0.1, -0.05) is 12.1 Å². The van der Waals surface area contributed by atoms with Gasteiger partial charge in [-0.15, -0.1) is 10.2 Å². The topological polar surface area (TPSA) is 69.1 Å². The van der Waals surface area contributed by atoms with Crippen LogP contribution in [0.1, 0.15) is 5.82 Å². The van der Waals surface area contributed by atoms with E-state index in [1.807, 2.05) is 0 Å². The first-order chi connectivity index (χ1) is 8.78. The van der Waals surface area contributed by atoms with E-state index in [-0.39, 0.29) is 12.4 Å². The predicted octanol–water partition coefficient (Wildman–Crippen LogP) is 1.39. The lowest BCUT2D eigenvalue weighted by molar-refractivity contribution is 0.628. The summed E-state index contributed by atoms with van der Waals surface area (Å²) in [4.78, 5) is 0. The van der Waals surface area contributed by atoms with Gasteiger partial charge in [0.1, 0.15) is 5.82 Å². The van der Waals surface area contributed by atoms with Crippen molar-refractivity contribution < 1.29 is 4.39 Å². The largest absolute Gasteiger partial charge is 0.324 e. The molecule has 0 aliphatic rings. The van der Waals surface area contributed by atoms with E-state index < -0.39 is 0 Å². The second-order valence-electron chi connectivity index (χ2n) is 3.82. The van der Waals surface area contributed by atoms with Crippen LogP contribution in [0, 0.1) is 5.82 Å². The molecule has 0 amide bonds. The molecule has 0 spiro atoms. The molecule has 0 unspecified atom stereocenters. The Kier molecular flexibility index (Phi) is 2.49. The van der Waals surface area contributed by atoms with Crippen molar-refractivity contribution in [1.82, 2.24) is 19.8 Å². The molecule has 3 aromatic rings. The molecule has 90 valence electrons. The summed E-state index contributed by atoms with van der Waals surface area (Å²) in [5, 5.41) is 12.2. The van der Waals surface area contributed by atoms with Crippen molar-refractivity contribution in [2.45, 2.75) is 6.54 Å². The first kappa shape index (κ1) is 10.8. The fraction of sp³-hybridized carbons (Fsp3) is 0.0833. The molecule has 0 saturated heterocycles. The molecule has 0 saturated carbocycles. The van der Waals surface area contributed by atoms with E-state index in [1.165, 1.54) is 12.1 Å². The number of fused-ring (bicyclic) bond motifs is 1. The second kappa shape index (κ2) is 4.15. The number of nitrogens with zero attached hydrogens (tertiary/aromatic N) is 4. The van der Waals surface area contributed by atoms with E-state index in [1.54, 1.807) is 28.8 Å². The van der Waals surface area contributed by atoms with Crippen molar-refractivity contribution in [3.63, 3.8) is 0 Å². The normalized spacial score (nSPS) is 11.0. The van der Waals surface area contributed by atoms with Crippen LogP contribution in [-0.2, 0) is 6.54 Å². The molecule has 2 aromatic heterocycles. The summed E-state index contributed by atoms with van der Waals surface area (Å²) < 4.78 is 14.7. The van der Waals surface area contributed by atoms with Crippen molar-refractivity contribution in [2.75, 3.05) is 0 Å². The Balaban J connectivity index is 2.18. The number of hydrogen-bond donors (Lipinski definition) is 1. The van der Waals surface area contributed by atoms with Crippen LogP contribution in [0.3, 0.4) is 0 Å². The van der Waals surface area contributed by atoms with Crippen molar-refractivity contribution in [3.8, 4) is 11.3 Å². The maximum Gasteiger partial charge on any atom is 0.177 e. The second-order valence-corrected chi connectivity index (χ2v) is 3.82. The molecule has 0 fully saturated rings. The van der Waals surface area contributed by atoms with Crippen molar-refractivity contribution in [2.24, 2.45) is 5.73 Å². The molecule has 3 rings (SSSR count). The monoisotopic (exact) mass is 243 g/mol. The number of hydrogen-bond acceptors (Lipinski definition) is 4. The van der Waals surface area contributed by atoms with Crippen LogP contribution < -0.4 is 5.73 Å². The Labute approximate surface area is 102 Å². The number of benzene rings is 1. The molecule has 5 nitrogen and oxygen atoms in total. The molecule has 1 aromatic carbocycles. The molecule has 0 radical (unpaired) electrons. The van der Waals surface area contributed by atoms with Crippen LogP contribution in [0.4, 0.5) is 4.39 Å². The third-order valence-corrected chi connectivity index (χ3v) is 2.63. The molecule has 2 heterocycles. The predicted molar refractivity (Wildman–Crippen MR) is 64.1 cm³/mol. The lowest BCUT2D eigenvalue weighted by Crippen LogP contribution is -2.05. The summed E-state index contributed by atoms with van der Waals surface area (Å²) >= 11 is 0. The Morgan fingerprint density at radius 3 is 2.83 bits per heavy atom. The van der Waals surface area contributed by atoms with Crippen molar-refractivity contribution in [1.29, 1.82) is 0 Å². The Morgan fingerprint density at radius 1 is 1.17 bits per heavy atom. The van der Waals surface area contributed by atoms with E-state index in [9.17, 15) is 4.39 Å². The van der Waals surface area contributed by atoms with Gasteiger partial charge < -0.3 is 5.73 Å². The van der Waals surface area contributed by atoms with Gasteiger partial charge in [-0.05, 0) is 24.3 Å². The SMILES string of the molecule is NCc1nnc2ccc(-c3cccc(F)c3)nn12. The highest BCUT2D eigenvalue weighted by atomic mass is 19.1. The first-order valence-electron chi connectivity index (χ1n) is 5.45. The molecular weight excluding hydrogens is 233 g/mol. The Morgan fingerprint density at radius 2 is 2.06 bits per heavy atom. The molecule has 2 N–H and O–H groups in total. The van der Waals surface area contributed by atoms with Gasteiger partial charge in [0.25, 0.3) is 0 Å². The lowest BCUT2D eigenvalue weighted by atomic mass is 10.1. The van der Waals surface area contributed by atoms with E-state index in [0.29, 0.717) is 22.7 Å². The van der Waals surface area contributed by atoms with Crippen LogP contribution in [0.15, 0.2) is 36.4 Å². The first-order valence-corrected chi connectivity index (χ1v) is 5.45. The minimum atomic E-state index is -0.294. The number of aromatic nitrogens is 4. The number of rotatable bonds is 2. The Bertz CT molecular complexity index is 707. The summed E-state index contributed by atoms with van der Waals surface area (Å²) in [5.41, 5.74) is 7.52. The third kappa shape index (κ3) is 1.72. The van der Waals surface area contributed by atoms with Gasteiger partial charge in [-0.2, -0.15) is 9.61 Å². The maximum absolute atomic E-state index is 13.2. The maximum atomic E-state index is 13.2. The number of halogens is 1. The van der Waals surface area contributed by atoms with Crippen molar-refractivity contribution >= 4 is 5.65 Å². The number of nitrogens with two attached hydrogens (primary N) is 1. The zero-order valence-corrected chi connectivity index (χ0v) is 9.42. The molecule has 0 bridgehead atoms. The van der Waals surface area contributed by atoms with Crippen LogP contribution in [-0.4, -0.2) is 19.8 Å². The highest BCUT2D eigenvalue weighted by Crippen LogP contribution is 2.18. The molecule has 0 aliphatic heterocycles. The van der Waals surface area contributed by atoms with E-state index in [4.69, 9.17) is 5.73 Å². The van der Waals surface area contributed by atoms with E-state index in [2.05, 4.69) is 15.3 Å². The van der Waals surface area contributed by atoms with Crippen LogP contribution >= 0.6 is 0 Å². The average Bonchev–Trinajstić information content (AvgIpc) is 2.80. The van der Waals surface area contributed by atoms with Crippen LogP contribution in [0.25, 0.3) is 16.9 Å². The van der Waals surface area contributed by atoms with Gasteiger partial charge in [0.2, 0.25) is 0 Å². The summed E-state index contributed by atoms with van der Waals surface area (Å²) in [6.45, 7) is 0.251. The van der Waals surface area contributed by atoms with E-state index >= 15 is 0 Å². The van der Waals surface area contributed by atoms with Gasteiger partial charge in [0.05, 0.1) is 12.2 Å². The van der Waals surface area contributed by atoms with Crippen LogP contribution in [0.5, 0.6) is 0 Å². The van der Waals surface area contributed by atoms with Crippen molar-refractivity contribution in [3.05, 3.63) is 48.0 Å². The smallest absolute Gasteiger partial charge is 0.177 e. The van der Waals surface area contributed by atoms with E-state index in [0.717, 1.165) is 0 Å². The summed E-state index contributed by atoms with van der Waals surface area (Å²) in [5.74, 6) is 0.278. The Hall–Kier alpha value is -2.34. The third-order valence-electron chi connectivity index (χ3n) is 2.63. The molecule has 18 heavy (non-hydrogen) atoms. The van der Waals surface area contributed by atoms with Gasteiger partial charge >= 0.3 is 0 Å². The minimum Gasteiger partial charge on any atom is -0.324 e. The molecule has 0 atom stereocenters. The fourth-order valence-corrected chi connectivity index (χ4v) is 1.76. The molecule has 0 aliphatic carbocycles. The summed E-state index contributed by atoms with van der Waals surface area (Å²) in [6, 6.07) is 9.82. The summed E-state index contributed by atoms with van der Waals surface area (Å²) in [6.07, 6.45) is 0. The fourth-order valence-electron chi connectivity index (χ4n) is 1.76. The standard InChI is InChI=1S/C12H10FN5/c13-9-3-1-2-8(6-9)10-4-5-11-15-16-12(7-14)18(11)17-10/h1-6H,7,14H2. The van der Waals surface area contributed by atoms with Gasteiger partial charge in [-0.25, -0.2) is 4.39 Å². The minimum absolute atomic E-state index is 0.251. The van der Waals surface area contributed by atoms with Gasteiger partial charge in [0, 0.05) is 5.56 Å². The van der Waals surface area contributed by atoms with Gasteiger partial charge in [0.15, 0.2) is 11.5 Å². The summed E-state index contributed by atoms with van der Waals surface area (Å²) in [7, 11) is 0. The highest BCUT2D eigenvalue weighted by molar-refractivity contribution is 5.60. The molecular formula is C12H10FN5. The highest BCUT2D eigenvalue weighted by Gasteiger charge is 2.07. The zero-order chi connectivity index (χ0) is 12.5.